The Kier molecular flexibility index (Phi) is 6.86. The Bertz CT molecular complexity index is 959. The predicted molar refractivity (Wildman–Crippen MR) is 113 cm³/mol. The van der Waals surface area contributed by atoms with Gasteiger partial charge in [0.15, 0.2) is 11.5 Å². The number of benzene rings is 2. The first kappa shape index (κ1) is 20.4. The highest BCUT2D eigenvalue weighted by atomic mass is 32.1. The van der Waals surface area contributed by atoms with Gasteiger partial charge in [-0.15, -0.1) is 11.3 Å². The minimum Gasteiger partial charge on any atom is -0.493 e. The van der Waals surface area contributed by atoms with Crippen LogP contribution in [0.25, 0.3) is 0 Å². The second-order valence-electron chi connectivity index (χ2n) is 5.97. The van der Waals surface area contributed by atoms with Crippen molar-refractivity contribution in [1.82, 2.24) is 0 Å². The number of methoxy groups -OCH3 is 3. The van der Waals surface area contributed by atoms with Gasteiger partial charge >= 0.3 is 5.97 Å². The van der Waals surface area contributed by atoms with Crippen LogP contribution in [0.15, 0.2) is 65.1 Å². The summed E-state index contributed by atoms with van der Waals surface area (Å²) in [6, 6.07) is 16.8. The summed E-state index contributed by atoms with van der Waals surface area (Å²) in [6.45, 7) is 0. The van der Waals surface area contributed by atoms with E-state index in [0.29, 0.717) is 29.4 Å². The van der Waals surface area contributed by atoms with Crippen LogP contribution in [0.1, 0.15) is 20.8 Å². The molecule has 0 aliphatic rings. The lowest BCUT2D eigenvalue weighted by molar-refractivity contribution is 0.0515. The quantitative estimate of drug-likeness (QED) is 0.308. The summed E-state index contributed by atoms with van der Waals surface area (Å²) in [5.41, 5.74) is 1.99. The van der Waals surface area contributed by atoms with Gasteiger partial charge in [0.25, 0.3) is 0 Å². The lowest BCUT2D eigenvalue weighted by atomic mass is 10.1. The number of rotatable bonds is 8. The number of ether oxygens (including phenoxy) is 3. The Labute approximate surface area is 173 Å². The molecule has 0 spiro atoms. The third-order valence-electron chi connectivity index (χ3n) is 4.16. The largest absolute Gasteiger partial charge is 0.493 e. The minimum atomic E-state index is -0.619. The van der Waals surface area contributed by atoms with E-state index >= 15 is 0 Å². The van der Waals surface area contributed by atoms with E-state index in [1.807, 2.05) is 47.8 Å². The summed E-state index contributed by atoms with van der Waals surface area (Å²) >= 11 is 1.54. The molecule has 0 aliphatic heterocycles. The van der Waals surface area contributed by atoms with E-state index in [-0.39, 0.29) is 5.56 Å². The summed E-state index contributed by atoms with van der Waals surface area (Å²) in [4.78, 5) is 18.8. The molecule has 3 aromatic rings. The number of thiophene rings is 1. The number of hydrogen-bond acceptors (Lipinski definition) is 7. The van der Waals surface area contributed by atoms with Crippen molar-refractivity contribution < 1.29 is 23.8 Å². The number of nitrogens with zero attached hydrogens (tertiary/aromatic N) is 1. The minimum absolute atomic E-state index is 0.244. The zero-order valence-electron chi connectivity index (χ0n) is 16.4. The first-order valence-electron chi connectivity index (χ1n) is 8.82. The zero-order valence-corrected chi connectivity index (χ0v) is 17.2. The van der Waals surface area contributed by atoms with Crippen molar-refractivity contribution in [3.8, 4) is 17.2 Å². The molecule has 6 nitrogen and oxygen atoms in total. The van der Waals surface area contributed by atoms with E-state index in [2.05, 4.69) is 5.16 Å². The molecule has 0 aliphatic carbocycles. The van der Waals surface area contributed by atoms with Crippen LogP contribution in [0, 0.1) is 0 Å². The van der Waals surface area contributed by atoms with Crippen molar-refractivity contribution >= 4 is 23.0 Å². The highest BCUT2D eigenvalue weighted by molar-refractivity contribution is 7.12. The average molecular weight is 411 g/mol. The van der Waals surface area contributed by atoms with Crippen LogP contribution in [-0.2, 0) is 11.3 Å². The summed E-state index contributed by atoms with van der Waals surface area (Å²) < 4.78 is 15.9. The Morgan fingerprint density at radius 3 is 2.17 bits per heavy atom. The Morgan fingerprint density at radius 2 is 1.62 bits per heavy atom. The van der Waals surface area contributed by atoms with Gasteiger partial charge in [-0.2, -0.15) is 0 Å². The van der Waals surface area contributed by atoms with Crippen molar-refractivity contribution in [3.63, 3.8) is 0 Å². The van der Waals surface area contributed by atoms with Crippen LogP contribution in [0.5, 0.6) is 17.2 Å². The highest BCUT2D eigenvalue weighted by Crippen LogP contribution is 2.38. The van der Waals surface area contributed by atoms with Gasteiger partial charge in [0.1, 0.15) is 5.71 Å². The van der Waals surface area contributed by atoms with Crippen molar-refractivity contribution in [2.45, 2.75) is 6.42 Å². The highest BCUT2D eigenvalue weighted by Gasteiger charge is 2.18. The fourth-order valence-corrected chi connectivity index (χ4v) is 3.45. The van der Waals surface area contributed by atoms with Crippen LogP contribution in [0.4, 0.5) is 0 Å². The van der Waals surface area contributed by atoms with E-state index in [0.717, 1.165) is 10.4 Å². The molecule has 0 atom stereocenters. The molecular formula is C22H21NO5S. The second-order valence-corrected chi connectivity index (χ2v) is 6.92. The summed E-state index contributed by atoms with van der Waals surface area (Å²) in [6.07, 6.45) is 0.546. The topological polar surface area (TPSA) is 66.4 Å². The fourth-order valence-electron chi connectivity index (χ4n) is 2.74. The number of carbonyl (C=O) groups excluding carboxylic acids is 1. The maximum absolute atomic E-state index is 12.6. The van der Waals surface area contributed by atoms with E-state index in [1.54, 1.807) is 0 Å². The number of carbonyl (C=O) groups is 1. The number of oxime groups is 1. The van der Waals surface area contributed by atoms with Crippen molar-refractivity contribution in [2.24, 2.45) is 5.16 Å². The van der Waals surface area contributed by atoms with E-state index in [1.165, 1.54) is 44.8 Å². The van der Waals surface area contributed by atoms with Crippen LogP contribution < -0.4 is 14.2 Å². The molecule has 150 valence electrons. The molecule has 0 fully saturated rings. The first-order chi connectivity index (χ1) is 14.2. The van der Waals surface area contributed by atoms with Crippen LogP contribution in [-0.4, -0.2) is 33.0 Å². The van der Waals surface area contributed by atoms with Crippen molar-refractivity contribution in [1.29, 1.82) is 0 Å². The number of hydrogen-bond donors (Lipinski definition) is 0. The lowest BCUT2D eigenvalue weighted by Gasteiger charge is -2.13. The molecule has 0 saturated heterocycles. The monoisotopic (exact) mass is 411 g/mol. The van der Waals surface area contributed by atoms with Crippen LogP contribution in [0.3, 0.4) is 0 Å². The molecule has 29 heavy (non-hydrogen) atoms. The van der Waals surface area contributed by atoms with Crippen LogP contribution >= 0.6 is 11.3 Å². The van der Waals surface area contributed by atoms with Gasteiger partial charge in [-0.05, 0) is 29.1 Å². The van der Waals surface area contributed by atoms with Crippen LogP contribution in [0.2, 0.25) is 0 Å². The molecule has 2 aromatic carbocycles. The molecular weight excluding hydrogens is 390 g/mol. The van der Waals surface area contributed by atoms with Gasteiger partial charge in [-0.25, -0.2) is 4.79 Å². The van der Waals surface area contributed by atoms with Gasteiger partial charge in [0, 0.05) is 6.42 Å². The molecule has 0 amide bonds. The maximum atomic E-state index is 12.6. The first-order valence-corrected chi connectivity index (χ1v) is 9.70. The third-order valence-corrected chi connectivity index (χ3v) is 5.08. The molecule has 1 heterocycles. The molecule has 0 N–H and O–H groups in total. The Hall–Kier alpha value is -3.32. The molecule has 1 aromatic heterocycles. The van der Waals surface area contributed by atoms with Gasteiger partial charge in [0.05, 0.1) is 31.8 Å². The summed E-state index contributed by atoms with van der Waals surface area (Å²) in [7, 11) is 4.47. The van der Waals surface area contributed by atoms with Gasteiger partial charge in [-0.1, -0.05) is 41.6 Å². The second kappa shape index (κ2) is 9.75. The van der Waals surface area contributed by atoms with Gasteiger partial charge in [-0.3, -0.25) is 0 Å². The molecule has 0 radical (unpaired) electrons. The van der Waals surface area contributed by atoms with Crippen molar-refractivity contribution in [3.05, 3.63) is 76.0 Å². The SMILES string of the molecule is COc1cc(C(=O)O/N=C(\Cc2ccccc2)c2cccs2)cc(OC)c1OC. The fraction of sp³-hybridized carbons (Fsp3) is 0.182. The zero-order chi connectivity index (χ0) is 20.6. The van der Waals surface area contributed by atoms with Crippen molar-refractivity contribution in [2.75, 3.05) is 21.3 Å². The lowest BCUT2D eigenvalue weighted by Crippen LogP contribution is -2.08. The summed E-state index contributed by atoms with van der Waals surface area (Å²) in [5.74, 6) is 0.515. The summed E-state index contributed by atoms with van der Waals surface area (Å²) in [5, 5.41) is 6.11. The normalized spacial score (nSPS) is 11.1. The predicted octanol–water partition coefficient (Wildman–Crippen LogP) is 4.58. The molecule has 0 saturated carbocycles. The van der Waals surface area contributed by atoms with Gasteiger partial charge < -0.3 is 19.0 Å². The Balaban J connectivity index is 1.86. The maximum Gasteiger partial charge on any atom is 0.366 e. The Morgan fingerprint density at radius 1 is 0.931 bits per heavy atom. The molecule has 0 unspecified atom stereocenters. The third kappa shape index (κ3) is 4.94. The molecule has 0 bridgehead atoms. The molecule has 3 rings (SSSR count). The van der Waals surface area contributed by atoms with E-state index < -0.39 is 5.97 Å². The standard InChI is InChI=1S/C22H21NO5S/c1-25-18-13-16(14-19(26-2)21(18)27-3)22(24)28-23-17(20-10-7-11-29-20)12-15-8-5-4-6-9-15/h4-11,13-14H,12H2,1-3H3/b23-17+. The van der Waals surface area contributed by atoms with E-state index in [9.17, 15) is 4.79 Å². The smallest absolute Gasteiger partial charge is 0.366 e. The average Bonchev–Trinajstić information content (AvgIpc) is 3.30. The molecule has 7 heteroatoms. The van der Waals surface area contributed by atoms with E-state index in [4.69, 9.17) is 19.0 Å². The van der Waals surface area contributed by atoms with Gasteiger partial charge in [0.2, 0.25) is 5.75 Å².